The highest BCUT2D eigenvalue weighted by atomic mass is 16.3. The lowest BCUT2D eigenvalue weighted by molar-refractivity contribution is 0.126. The Bertz CT molecular complexity index is 681. The largest absolute Gasteiger partial charge is 0.388 e. The molecular weight excluding hydrogens is 270 g/mol. The van der Waals surface area contributed by atoms with Crippen LogP contribution in [0.3, 0.4) is 0 Å². The van der Waals surface area contributed by atoms with Gasteiger partial charge in [-0.1, -0.05) is 72.8 Å². The molecule has 3 aromatic carbocycles. The Morgan fingerprint density at radius 3 is 1.45 bits per heavy atom. The molecule has 0 heterocycles. The van der Waals surface area contributed by atoms with E-state index >= 15 is 0 Å². The van der Waals surface area contributed by atoms with Gasteiger partial charge in [0.25, 0.3) is 0 Å². The Morgan fingerprint density at radius 1 is 0.636 bits per heavy atom. The fraction of sp³-hybridized carbons (Fsp3) is 0.100. The molecule has 0 aliphatic heterocycles. The minimum absolute atomic E-state index is 0.851. The maximum Gasteiger partial charge on any atom is 0.140 e. The Morgan fingerprint density at radius 2 is 1.05 bits per heavy atom. The van der Waals surface area contributed by atoms with Crippen molar-refractivity contribution in [2.75, 3.05) is 12.4 Å². The first kappa shape index (κ1) is 14.4. The summed E-state index contributed by atoms with van der Waals surface area (Å²) >= 11 is 0. The number of benzene rings is 3. The van der Waals surface area contributed by atoms with Crippen molar-refractivity contribution in [1.29, 1.82) is 0 Å². The van der Waals surface area contributed by atoms with Crippen LogP contribution in [0.4, 0.5) is 5.69 Å². The van der Waals surface area contributed by atoms with E-state index in [9.17, 15) is 5.11 Å². The highest BCUT2D eigenvalue weighted by molar-refractivity contribution is 5.51. The molecule has 0 aliphatic rings. The van der Waals surface area contributed by atoms with Crippen molar-refractivity contribution in [1.82, 2.24) is 0 Å². The first-order chi connectivity index (χ1) is 10.7. The van der Waals surface area contributed by atoms with Crippen LogP contribution in [0, 0.1) is 0 Å². The van der Waals surface area contributed by atoms with E-state index in [1.165, 1.54) is 0 Å². The molecule has 0 bridgehead atoms. The molecule has 0 saturated heterocycles. The molecule has 0 fully saturated rings. The van der Waals surface area contributed by atoms with Crippen LogP contribution in [0.2, 0.25) is 0 Å². The Kier molecular flexibility index (Phi) is 3.94. The van der Waals surface area contributed by atoms with Crippen molar-refractivity contribution < 1.29 is 5.11 Å². The second-order valence-corrected chi connectivity index (χ2v) is 5.27. The zero-order valence-electron chi connectivity index (χ0n) is 12.5. The van der Waals surface area contributed by atoms with E-state index in [2.05, 4.69) is 5.32 Å². The summed E-state index contributed by atoms with van der Waals surface area (Å²) in [6.07, 6.45) is 0. The highest BCUT2D eigenvalue weighted by Gasteiger charge is 2.33. The minimum atomic E-state index is -1.16. The summed E-state index contributed by atoms with van der Waals surface area (Å²) in [6, 6.07) is 27.4. The smallest absolute Gasteiger partial charge is 0.140 e. The van der Waals surface area contributed by atoms with Gasteiger partial charge >= 0.3 is 0 Å². The monoisotopic (exact) mass is 289 g/mol. The third-order valence-corrected chi connectivity index (χ3v) is 3.97. The average molecular weight is 289 g/mol. The first-order valence-electron chi connectivity index (χ1n) is 7.37. The number of hydrogen-bond acceptors (Lipinski definition) is 2. The SMILES string of the molecule is CNc1ccc(C(O)(c2ccccc2)c2ccccc2)cc1. The van der Waals surface area contributed by atoms with E-state index in [0.717, 1.165) is 22.4 Å². The molecule has 0 amide bonds. The summed E-state index contributed by atoms with van der Waals surface area (Å²) in [5.41, 5.74) is 2.43. The zero-order valence-corrected chi connectivity index (χ0v) is 12.5. The van der Waals surface area contributed by atoms with Crippen molar-refractivity contribution in [3.63, 3.8) is 0 Å². The van der Waals surface area contributed by atoms with Gasteiger partial charge < -0.3 is 10.4 Å². The summed E-state index contributed by atoms with van der Waals surface area (Å²) in [5, 5.41) is 14.7. The highest BCUT2D eigenvalue weighted by Crippen LogP contribution is 2.36. The molecule has 0 atom stereocenters. The number of hydrogen-bond donors (Lipinski definition) is 2. The second kappa shape index (κ2) is 6.04. The molecule has 0 unspecified atom stereocenters. The van der Waals surface area contributed by atoms with Crippen LogP contribution < -0.4 is 5.32 Å². The maximum absolute atomic E-state index is 11.6. The van der Waals surface area contributed by atoms with Crippen molar-refractivity contribution in [3.8, 4) is 0 Å². The molecule has 2 nitrogen and oxygen atoms in total. The van der Waals surface area contributed by atoms with Gasteiger partial charge in [0.05, 0.1) is 0 Å². The predicted molar refractivity (Wildman–Crippen MR) is 91.0 cm³/mol. The molecule has 22 heavy (non-hydrogen) atoms. The molecule has 3 rings (SSSR count). The Balaban J connectivity index is 2.18. The molecule has 2 N–H and O–H groups in total. The van der Waals surface area contributed by atoms with Crippen LogP contribution in [0.5, 0.6) is 0 Å². The summed E-state index contributed by atoms with van der Waals surface area (Å²) in [4.78, 5) is 0. The van der Waals surface area contributed by atoms with Crippen LogP contribution in [0.1, 0.15) is 16.7 Å². The van der Waals surface area contributed by atoms with Gasteiger partial charge in [-0.2, -0.15) is 0 Å². The third kappa shape index (κ3) is 2.49. The fourth-order valence-corrected chi connectivity index (χ4v) is 2.74. The lowest BCUT2D eigenvalue weighted by atomic mass is 9.80. The summed E-state index contributed by atoms with van der Waals surface area (Å²) in [6.45, 7) is 0. The summed E-state index contributed by atoms with van der Waals surface area (Å²) < 4.78 is 0. The van der Waals surface area contributed by atoms with E-state index in [4.69, 9.17) is 0 Å². The van der Waals surface area contributed by atoms with E-state index < -0.39 is 5.60 Å². The minimum Gasteiger partial charge on any atom is -0.388 e. The molecule has 0 saturated carbocycles. The maximum atomic E-state index is 11.6. The summed E-state index contributed by atoms with van der Waals surface area (Å²) in [5.74, 6) is 0. The molecule has 0 spiro atoms. The van der Waals surface area contributed by atoms with E-state index in [0.29, 0.717) is 0 Å². The molecule has 2 heteroatoms. The van der Waals surface area contributed by atoms with Gasteiger partial charge in [-0.25, -0.2) is 0 Å². The van der Waals surface area contributed by atoms with Crippen molar-refractivity contribution in [2.45, 2.75) is 5.60 Å². The lowest BCUT2D eigenvalue weighted by Crippen LogP contribution is -2.28. The van der Waals surface area contributed by atoms with Crippen LogP contribution in [-0.4, -0.2) is 12.2 Å². The molecular formula is C20H19NO. The Hall–Kier alpha value is -2.58. The van der Waals surface area contributed by atoms with Crippen LogP contribution in [0.25, 0.3) is 0 Å². The third-order valence-electron chi connectivity index (χ3n) is 3.97. The molecule has 110 valence electrons. The standard InChI is InChI=1S/C20H19NO/c1-21-19-14-12-18(13-15-19)20(22,16-8-4-2-5-9-16)17-10-6-3-7-11-17/h2-15,21-22H,1H3. The van der Waals surface area contributed by atoms with Crippen molar-refractivity contribution >= 4 is 5.69 Å². The zero-order chi connectivity index (χ0) is 15.4. The van der Waals surface area contributed by atoms with Crippen LogP contribution in [-0.2, 0) is 5.60 Å². The molecule has 3 aromatic rings. The Labute approximate surface area is 131 Å². The van der Waals surface area contributed by atoms with Crippen LogP contribution >= 0.6 is 0 Å². The number of aliphatic hydroxyl groups is 1. The van der Waals surface area contributed by atoms with Crippen LogP contribution in [0.15, 0.2) is 84.9 Å². The van der Waals surface area contributed by atoms with E-state index in [1.807, 2.05) is 92.0 Å². The van der Waals surface area contributed by atoms with Gasteiger partial charge in [-0.05, 0) is 28.8 Å². The second-order valence-electron chi connectivity index (χ2n) is 5.27. The van der Waals surface area contributed by atoms with Gasteiger partial charge in [0.2, 0.25) is 0 Å². The number of anilines is 1. The van der Waals surface area contributed by atoms with Crippen molar-refractivity contribution in [3.05, 3.63) is 102 Å². The number of nitrogens with one attached hydrogen (secondary N) is 1. The quantitative estimate of drug-likeness (QED) is 0.711. The van der Waals surface area contributed by atoms with Gasteiger partial charge in [0.15, 0.2) is 0 Å². The van der Waals surface area contributed by atoms with Gasteiger partial charge in [0.1, 0.15) is 5.60 Å². The molecule has 0 aliphatic carbocycles. The normalized spacial score (nSPS) is 11.2. The van der Waals surface area contributed by atoms with E-state index in [-0.39, 0.29) is 0 Å². The van der Waals surface area contributed by atoms with Gasteiger partial charge in [-0.3, -0.25) is 0 Å². The fourth-order valence-electron chi connectivity index (χ4n) is 2.74. The van der Waals surface area contributed by atoms with Gasteiger partial charge in [-0.15, -0.1) is 0 Å². The average Bonchev–Trinajstić information content (AvgIpc) is 2.62. The topological polar surface area (TPSA) is 32.3 Å². The molecule has 0 radical (unpaired) electrons. The lowest BCUT2D eigenvalue weighted by Gasteiger charge is -2.30. The van der Waals surface area contributed by atoms with Crippen molar-refractivity contribution in [2.24, 2.45) is 0 Å². The van der Waals surface area contributed by atoms with E-state index in [1.54, 1.807) is 0 Å². The molecule has 0 aromatic heterocycles. The number of rotatable bonds is 4. The first-order valence-corrected chi connectivity index (χ1v) is 7.37. The predicted octanol–water partition coefficient (Wildman–Crippen LogP) is 4.01. The van der Waals surface area contributed by atoms with Gasteiger partial charge in [0, 0.05) is 12.7 Å². The summed E-state index contributed by atoms with van der Waals surface area (Å²) in [7, 11) is 1.88.